The number of amides is 1. The molecule has 1 aliphatic heterocycles. The molecule has 1 fully saturated rings. The number of H-pyrrole nitrogens is 1. The van der Waals surface area contributed by atoms with E-state index in [1.54, 1.807) is 30.0 Å². The first-order valence-corrected chi connectivity index (χ1v) is 8.17. The van der Waals surface area contributed by atoms with Gasteiger partial charge in [-0.1, -0.05) is 12.1 Å². The summed E-state index contributed by atoms with van der Waals surface area (Å²) in [6.07, 6.45) is 1.52. The highest BCUT2D eigenvalue weighted by Crippen LogP contribution is 2.33. The molecule has 1 atom stereocenters. The molecule has 0 spiro atoms. The molecule has 25 heavy (non-hydrogen) atoms. The van der Waals surface area contributed by atoms with E-state index in [-0.39, 0.29) is 23.9 Å². The molecule has 0 saturated carbocycles. The van der Waals surface area contributed by atoms with E-state index in [4.69, 9.17) is 5.26 Å². The molecule has 0 unspecified atom stereocenters. The second-order valence-corrected chi connectivity index (χ2v) is 6.23. The molecule has 1 aromatic heterocycles. The van der Waals surface area contributed by atoms with E-state index in [1.807, 2.05) is 6.07 Å². The Balaban J connectivity index is 1.90. The zero-order valence-corrected chi connectivity index (χ0v) is 13.9. The van der Waals surface area contributed by atoms with Crippen LogP contribution in [-0.2, 0) is 6.42 Å². The Morgan fingerprint density at radius 2 is 2.20 bits per heavy atom. The Morgan fingerprint density at radius 1 is 1.40 bits per heavy atom. The SMILES string of the molecule is Cc1ccc(C(=O)N2CCC[C@@H]2c2ccc(CC#N)c(F)c2)c(=O)[nH]1. The van der Waals surface area contributed by atoms with E-state index in [1.165, 1.54) is 12.1 Å². The molecule has 1 aromatic carbocycles. The number of aromatic nitrogens is 1. The van der Waals surface area contributed by atoms with Crippen molar-refractivity contribution < 1.29 is 9.18 Å². The molecule has 2 heterocycles. The van der Waals surface area contributed by atoms with Crippen molar-refractivity contribution in [3.63, 3.8) is 0 Å². The monoisotopic (exact) mass is 339 g/mol. The molecule has 1 saturated heterocycles. The molecule has 0 radical (unpaired) electrons. The summed E-state index contributed by atoms with van der Waals surface area (Å²) in [7, 11) is 0. The summed E-state index contributed by atoms with van der Waals surface area (Å²) in [6.45, 7) is 2.28. The Kier molecular flexibility index (Phi) is 4.66. The quantitative estimate of drug-likeness (QED) is 0.934. The van der Waals surface area contributed by atoms with E-state index in [9.17, 15) is 14.0 Å². The molecule has 5 nitrogen and oxygen atoms in total. The first-order chi connectivity index (χ1) is 12.0. The molecular formula is C19H18FN3O2. The fourth-order valence-corrected chi connectivity index (χ4v) is 3.25. The molecule has 0 bridgehead atoms. The average molecular weight is 339 g/mol. The van der Waals surface area contributed by atoms with Crippen molar-refractivity contribution in [3.05, 3.63) is 68.9 Å². The number of halogens is 1. The molecule has 1 aliphatic rings. The first-order valence-electron chi connectivity index (χ1n) is 8.17. The summed E-state index contributed by atoms with van der Waals surface area (Å²) in [5.41, 5.74) is 1.41. The van der Waals surface area contributed by atoms with Crippen LogP contribution < -0.4 is 5.56 Å². The van der Waals surface area contributed by atoms with Gasteiger partial charge in [0.2, 0.25) is 0 Å². The van der Waals surface area contributed by atoms with E-state index >= 15 is 0 Å². The minimum Gasteiger partial charge on any atom is -0.331 e. The van der Waals surface area contributed by atoms with Gasteiger partial charge in [-0.25, -0.2) is 4.39 Å². The Hall–Kier alpha value is -2.94. The second kappa shape index (κ2) is 6.89. The van der Waals surface area contributed by atoms with Gasteiger partial charge >= 0.3 is 0 Å². The third kappa shape index (κ3) is 3.31. The number of pyridine rings is 1. The van der Waals surface area contributed by atoms with E-state index in [2.05, 4.69) is 4.98 Å². The summed E-state index contributed by atoms with van der Waals surface area (Å²) in [5, 5.41) is 8.71. The smallest absolute Gasteiger partial charge is 0.260 e. The van der Waals surface area contributed by atoms with Gasteiger partial charge in [0, 0.05) is 17.8 Å². The number of aryl methyl sites for hydroxylation is 1. The van der Waals surface area contributed by atoms with Gasteiger partial charge in [-0.05, 0) is 43.5 Å². The summed E-state index contributed by atoms with van der Waals surface area (Å²) >= 11 is 0. The van der Waals surface area contributed by atoms with Crippen molar-refractivity contribution in [2.75, 3.05) is 6.54 Å². The number of rotatable bonds is 3. The maximum absolute atomic E-state index is 14.1. The molecular weight excluding hydrogens is 321 g/mol. The zero-order chi connectivity index (χ0) is 18.0. The Morgan fingerprint density at radius 3 is 2.88 bits per heavy atom. The van der Waals surface area contributed by atoms with E-state index < -0.39 is 11.4 Å². The van der Waals surface area contributed by atoms with Crippen molar-refractivity contribution in [1.29, 1.82) is 5.26 Å². The van der Waals surface area contributed by atoms with Crippen molar-refractivity contribution >= 4 is 5.91 Å². The summed E-state index contributed by atoms with van der Waals surface area (Å²) in [5.74, 6) is -0.781. The standard InChI is InChI=1S/C19H18FN3O2/c1-12-4-7-15(18(24)22-12)19(25)23-10-2-3-17(23)14-6-5-13(8-9-21)16(20)11-14/h4-7,11,17H,2-3,8,10H2,1H3,(H,22,24)/t17-/m1/s1. The number of carbonyl (C=O) groups excluding carboxylic acids is 1. The summed E-state index contributed by atoms with van der Waals surface area (Å²) in [6, 6.07) is 9.62. The fraction of sp³-hybridized carbons (Fsp3) is 0.316. The van der Waals surface area contributed by atoms with Crippen LogP contribution in [-0.4, -0.2) is 22.3 Å². The molecule has 2 aromatic rings. The zero-order valence-electron chi connectivity index (χ0n) is 13.9. The lowest BCUT2D eigenvalue weighted by Crippen LogP contribution is -2.34. The van der Waals surface area contributed by atoms with Crippen LogP contribution in [0.25, 0.3) is 0 Å². The number of nitriles is 1. The van der Waals surface area contributed by atoms with Crippen molar-refractivity contribution in [3.8, 4) is 6.07 Å². The third-order valence-corrected chi connectivity index (χ3v) is 4.53. The number of aromatic amines is 1. The number of nitrogens with zero attached hydrogens (tertiary/aromatic N) is 2. The second-order valence-electron chi connectivity index (χ2n) is 6.23. The molecule has 3 rings (SSSR count). The van der Waals surface area contributed by atoms with Crippen LogP contribution in [0.3, 0.4) is 0 Å². The fourth-order valence-electron chi connectivity index (χ4n) is 3.25. The van der Waals surface area contributed by atoms with Crippen LogP contribution in [0.1, 0.15) is 46.1 Å². The Bertz CT molecular complexity index is 914. The molecule has 6 heteroatoms. The van der Waals surface area contributed by atoms with Gasteiger partial charge < -0.3 is 9.88 Å². The van der Waals surface area contributed by atoms with Gasteiger partial charge in [0.05, 0.1) is 18.5 Å². The van der Waals surface area contributed by atoms with Crippen LogP contribution in [0.15, 0.2) is 35.1 Å². The molecule has 1 amide bonds. The number of hydrogen-bond acceptors (Lipinski definition) is 3. The highest BCUT2D eigenvalue weighted by Gasteiger charge is 2.32. The van der Waals surface area contributed by atoms with Crippen molar-refractivity contribution in [2.24, 2.45) is 0 Å². The number of carbonyl (C=O) groups is 1. The van der Waals surface area contributed by atoms with Crippen LogP contribution in [0.4, 0.5) is 4.39 Å². The highest BCUT2D eigenvalue weighted by molar-refractivity contribution is 5.94. The van der Waals surface area contributed by atoms with Gasteiger partial charge in [-0.3, -0.25) is 9.59 Å². The van der Waals surface area contributed by atoms with Gasteiger partial charge in [0.1, 0.15) is 11.4 Å². The van der Waals surface area contributed by atoms with Gasteiger partial charge in [0.15, 0.2) is 0 Å². The number of benzene rings is 1. The van der Waals surface area contributed by atoms with Crippen LogP contribution in [0, 0.1) is 24.1 Å². The van der Waals surface area contributed by atoms with Gasteiger partial charge in [0.25, 0.3) is 11.5 Å². The van der Waals surface area contributed by atoms with Gasteiger partial charge in [-0.15, -0.1) is 0 Å². The third-order valence-electron chi connectivity index (χ3n) is 4.53. The molecule has 128 valence electrons. The summed E-state index contributed by atoms with van der Waals surface area (Å²) in [4.78, 5) is 29.1. The van der Waals surface area contributed by atoms with E-state index in [0.717, 1.165) is 6.42 Å². The lowest BCUT2D eigenvalue weighted by molar-refractivity contribution is 0.0733. The summed E-state index contributed by atoms with van der Waals surface area (Å²) < 4.78 is 14.1. The van der Waals surface area contributed by atoms with Crippen LogP contribution in [0.5, 0.6) is 0 Å². The first kappa shape index (κ1) is 16.9. The predicted molar refractivity (Wildman–Crippen MR) is 90.5 cm³/mol. The maximum atomic E-state index is 14.1. The van der Waals surface area contributed by atoms with Crippen LogP contribution in [0.2, 0.25) is 0 Å². The lowest BCUT2D eigenvalue weighted by Gasteiger charge is -2.25. The highest BCUT2D eigenvalue weighted by atomic mass is 19.1. The molecule has 1 N–H and O–H groups in total. The number of likely N-dealkylation sites (tertiary alicyclic amines) is 1. The van der Waals surface area contributed by atoms with E-state index in [0.29, 0.717) is 29.8 Å². The molecule has 0 aliphatic carbocycles. The normalized spacial score (nSPS) is 16.7. The predicted octanol–water partition coefficient (Wildman–Crippen LogP) is 2.87. The number of nitrogens with one attached hydrogen (secondary N) is 1. The lowest BCUT2D eigenvalue weighted by atomic mass is 10.0. The largest absolute Gasteiger partial charge is 0.331 e. The van der Waals surface area contributed by atoms with Crippen LogP contribution >= 0.6 is 0 Å². The average Bonchev–Trinajstić information content (AvgIpc) is 3.06. The minimum absolute atomic E-state index is 0.0121. The van der Waals surface area contributed by atoms with Crippen molar-refractivity contribution in [1.82, 2.24) is 9.88 Å². The topological polar surface area (TPSA) is 77.0 Å². The van der Waals surface area contributed by atoms with Crippen molar-refractivity contribution in [2.45, 2.75) is 32.2 Å². The number of hydrogen-bond donors (Lipinski definition) is 1. The maximum Gasteiger partial charge on any atom is 0.260 e. The minimum atomic E-state index is -0.438. The Labute approximate surface area is 144 Å². The van der Waals surface area contributed by atoms with Gasteiger partial charge in [-0.2, -0.15) is 5.26 Å².